The van der Waals surface area contributed by atoms with E-state index >= 15 is 0 Å². The smallest absolute Gasteiger partial charge is 0.221 e. The summed E-state index contributed by atoms with van der Waals surface area (Å²) in [4.78, 5) is 13.7. The van der Waals surface area contributed by atoms with Gasteiger partial charge in [0.25, 0.3) is 0 Å². The number of halogens is 2. The molecule has 0 spiro atoms. The number of hydrogen-bond acceptors (Lipinski definition) is 3. The molecular weight excluding hydrogens is 366 g/mol. The summed E-state index contributed by atoms with van der Waals surface area (Å²) in [5, 5.41) is 3.00. The summed E-state index contributed by atoms with van der Waals surface area (Å²) in [6, 6.07) is 11.0. The highest BCUT2D eigenvalue weighted by molar-refractivity contribution is 7.98. The summed E-state index contributed by atoms with van der Waals surface area (Å²) in [6.45, 7) is 0. The average Bonchev–Trinajstić information content (AvgIpc) is 3.06. The van der Waals surface area contributed by atoms with Crippen LogP contribution in [-0.2, 0) is 4.79 Å². The fraction of sp³-hybridized carbons (Fsp3) is 0.381. The molecule has 3 N–H and O–H groups in total. The zero-order valence-corrected chi connectivity index (χ0v) is 16.1. The molecule has 27 heavy (non-hydrogen) atoms. The highest BCUT2D eigenvalue weighted by atomic mass is 32.2. The molecule has 1 aliphatic rings. The van der Waals surface area contributed by atoms with Crippen LogP contribution in [0.25, 0.3) is 0 Å². The van der Waals surface area contributed by atoms with Gasteiger partial charge >= 0.3 is 0 Å². The van der Waals surface area contributed by atoms with Gasteiger partial charge in [-0.1, -0.05) is 24.6 Å². The Morgan fingerprint density at radius 3 is 2.63 bits per heavy atom. The van der Waals surface area contributed by atoms with Crippen molar-refractivity contribution in [2.75, 3.05) is 6.26 Å². The lowest BCUT2D eigenvalue weighted by Crippen LogP contribution is -2.34. The second-order valence-corrected chi connectivity index (χ2v) is 7.89. The zero-order chi connectivity index (χ0) is 19.4. The first-order valence-corrected chi connectivity index (χ1v) is 10.3. The van der Waals surface area contributed by atoms with Crippen LogP contribution in [0.2, 0.25) is 0 Å². The molecule has 0 radical (unpaired) electrons. The summed E-state index contributed by atoms with van der Waals surface area (Å²) in [7, 11) is 0. The van der Waals surface area contributed by atoms with Crippen LogP contribution in [-0.4, -0.2) is 18.2 Å². The zero-order valence-electron chi connectivity index (χ0n) is 15.3. The van der Waals surface area contributed by atoms with E-state index in [1.54, 1.807) is 11.8 Å². The Labute approximate surface area is 162 Å². The second kappa shape index (κ2) is 8.85. The Hall–Kier alpha value is -1.92. The molecule has 2 aromatic rings. The summed E-state index contributed by atoms with van der Waals surface area (Å²) in [5.74, 6) is -1.78. The van der Waals surface area contributed by atoms with E-state index in [1.807, 2.05) is 30.5 Å². The Morgan fingerprint density at radius 1 is 1.19 bits per heavy atom. The van der Waals surface area contributed by atoms with Gasteiger partial charge in [0.15, 0.2) is 11.6 Å². The van der Waals surface area contributed by atoms with E-state index in [0.717, 1.165) is 41.9 Å². The van der Waals surface area contributed by atoms with Gasteiger partial charge < -0.3 is 11.1 Å². The molecule has 3 nitrogen and oxygen atoms in total. The normalized spacial score (nSPS) is 20.4. The van der Waals surface area contributed by atoms with Gasteiger partial charge in [-0.2, -0.15) is 0 Å². The Kier molecular flexibility index (Phi) is 6.50. The lowest BCUT2D eigenvalue weighted by Gasteiger charge is -2.22. The minimum absolute atomic E-state index is 0.0530. The minimum Gasteiger partial charge on any atom is -0.345 e. The maximum absolute atomic E-state index is 13.8. The van der Waals surface area contributed by atoms with Crippen molar-refractivity contribution in [3.8, 4) is 0 Å². The lowest BCUT2D eigenvalue weighted by molar-refractivity contribution is -0.122. The van der Waals surface area contributed by atoms with Crippen molar-refractivity contribution in [2.45, 2.75) is 42.7 Å². The van der Waals surface area contributed by atoms with Crippen molar-refractivity contribution in [1.29, 1.82) is 0 Å². The fourth-order valence-corrected chi connectivity index (χ4v) is 4.12. The molecule has 1 saturated carbocycles. The molecule has 0 bridgehead atoms. The third kappa shape index (κ3) is 4.87. The van der Waals surface area contributed by atoms with E-state index in [1.165, 1.54) is 6.07 Å². The molecule has 0 aliphatic heterocycles. The standard InChI is InChI=1S/C21H24F2N2OS/c1-27-16-6-2-5-14(10-16)21(15-8-9-17(22)18(23)11-15)25-20(26)12-13-4-3-7-19(13)24/h2,5-6,8-11,13,19,21H,3-4,7,12,24H2,1H3,(H,25,26)/t13-,19+,21?/m0/s1. The molecule has 1 amide bonds. The number of nitrogens with two attached hydrogens (primary N) is 1. The van der Waals surface area contributed by atoms with Gasteiger partial charge in [-0.15, -0.1) is 11.8 Å². The number of rotatable bonds is 6. The van der Waals surface area contributed by atoms with Crippen molar-refractivity contribution in [2.24, 2.45) is 11.7 Å². The van der Waals surface area contributed by atoms with Crippen molar-refractivity contribution in [3.05, 3.63) is 65.2 Å². The molecule has 3 atom stereocenters. The maximum atomic E-state index is 13.8. The molecule has 1 unspecified atom stereocenters. The fourth-order valence-electron chi connectivity index (χ4n) is 3.65. The van der Waals surface area contributed by atoms with Crippen molar-refractivity contribution >= 4 is 17.7 Å². The van der Waals surface area contributed by atoms with Crippen LogP contribution in [0.15, 0.2) is 47.4 Å². The van der Waals surface area contributed by atoms with Gasteiger partial charge in [0.2, 0.25) is 5.91 Å². The van der Waals surface area contributed by atoms with Crippen LogP contribution in [0, 0.1) is 17.6 Å². The van der Waals surface area contributed by atoms with Crippen LogP contribution in [0.3, 0.4) is 0 Å². The molecule has 144 valence electrons. The monoisotopic (exact) mass is 390 g/mol. The molecule has 6 heteroatoms. The highest BCUT2D eigenvalue weighted by Crippen LogP contribution is 2.29. The van der Waals surface area contributed by atoms with Gasteiger partial charge in [-0.05, 0) is 60.4 Å². The summed E-state index contributed by atoms with van der Waals surface area (Å²) >= 11 is 1.58. The minimum atomic E-state index is -0.925. The molecule has 3 rings (SSSR count). The van der Waals surface area contributed by atoms with Crippen LogP contribution >= 0.6 is 11.8 Å². The predicted molar refractivity (Wildman–Crippen MR) is 105 cm³/mol. The van der Waals surface area contributed by atoms with Crippen molar-refractivity contribution < 1.29 is 13.6 Å². The third-order valence-corrected chi connectivity index (χ3v) is 5.90. The molecule has 2 aromatic carbocycles. The maximum Gasteiger partial charge on any atom is 0.221 e. The van der Waals surface area contributed by atoms with Gasteiger partial charge in [0.1, 0.15) is 0 Å². The van der Waals surface area contributed by atoms with Crippen LogP contribution < -0.4 is 11.1 Å². The van der Waals surface area contributed by atoms with E-state index in [9.17, 15) is 13.6 Å². The van der Waals surface area contributed by atoms with Crippen molar-refractivity contribution in [3.63, 3.8) is 0 Å². The summed E-state index contributed by atoms with van der Waals surface area (Å²) in [5.41, 5.74) is 7.42. The van der Waals surface area contributed by atoms with E-state index in [-0.39, 0.29) is 17.9 Å². The van der Waals surface area contributed by atoms with E-state index in [4.69, 9.17) is 5.73 Å². The SMILES string of the molecule is CSc1cccc(C(NC(=O)C[C@@H]2CCC[C@H]2N)c2ccc(F)c(F)c2)c1. The van der Waals surface area contributed by atoms with Gasteiger partial charge in [-0.3, -0.25) is 4.79 Å². The molecule has 0 saturated heterocycles. The first-order valence-electron chi connectivity index (χ1n) is 9.11. The highest BCUT2D eigenvalue weighted by Gasteiger charge is 2.27. The number of carbonyl (C=O) groups excluding carboxylic acids is 1. The van der Waals surface area contributed by atoms with Gasteiger partial charge in [0.05, 0.1) is 6.04 Å². The first-order chi connectivity index (χ1) is 13.0. The molecular formula is C21H24F2N2OS. The predicted octanol–water partition coefficient (Wildman–Crippen LogP) is 4.41. The Morgan fingerprint density at radius 2 is 1.96 bits per heavy atom. The number of hydrogen-bond donors (Lipinski definition) is 2. The summed E-state index contributed by atoms with van der Waals surface area (Å²) in [6.07, 6.45) is 5.25. The van der Waals surface area contributed by atoms with Crippen LogP contribution in [0.1, 0.15) is 42.9 Å². The number of amides is 1. The molecule has 0 aromatic heterocycles. The molecule has 1 aliphatic carbocycles. The van der Waals surface area contributed by atoms with Crippen molar-refractivity contribution in [1.82, 2.24) is 5.32 Å². The molecule has 1 fully saturated rings. The lowest BCUT2D eigenvalue weighted by atomic mass is 9.96. The Bertz CT molecular complexity index is 815. The summed E-state index contributed by atoms with van der Waals surface area (Å²) < 4.78 is 27.2. The first kappa shape index (κ1) is 19.8. The Balaban J connectivity index is 1.86. The number of thioether (sulfide) groups is 1. The second-order valence-electron chi connectivity index (χ2n) is 7.01. The van der Waals surface area contributed by atoms with E-state index in [0.29, 0.717) is 12.0 Å². The van der Waals surface area contributed by atoms with E-state index in [2.05, 4.69) is 5.32 Å². The number of nitrogens with one attached hydrogen (secondary N) is 1. The van der Waals surface area contributed by atoms with E-state index < -0.39 is 17.7 Å². The van der Waals surface area contributed by atoms with Crippen LogP contribution in [0.5, 0.6) is 0 Å². The largest absolute Gasteiger partial charge is 0.345 e. The topological polar surface area (TPSA) is 55.1 Å². The quantitative estimate of drug-likeness (QED) is 0.719. The molecule has 0 heterocycles. The van der Waals surface area contributed by atoms with Crippen LogP contribution in [0.4, 0.5) is 8.78 Å². The average molecular weight is 390 g/mol. The third-order valence-electron chi connectivity index (χ3n) is 5.17. The van der Waals surface area contributed by atoms with Gasteiger partial charge in [0, 0.05) is 17.4 Å². The van der Waals surface area contributed by atoms with Gasteiger partial charge in [-0.25, -0.2) is 8.78 Å². The number of benzene rings is 2. The number of carbonyl (C=O) groups is 1.